The van der Waals surface area contributed by atoms with Crippen LogP contribution >= 0.6 is 0 Å². The first-order valence-electron chi connectivity index (χ1n) is 6.68. The molecule has 1 amide bonds. The fourth-order valence-electron chi connectivity index (χ4n) is 2.14. The van der Waals surface area contributed by atoms with Gasteiger partial charge in [0.05, 0.1) is 17.8 Å². The molecular formula is C17H20N2O. The number of nitrogens with one attached hydrogen (secondary N) is 1. The number of rotatable bonds is 3. The van der Waals surface area contributed by atoms with E-state index in [0.717, 1.165) is 11.1 Å². The third-order valence-electron chi connectivity index (χ3n) is 3.51. The zero-order valence-electron chi connectivity index (χ0n) is 12.2. The van der Waals surface area contributed by atoms with Gasteiger partial charge in [-0.25, -0.2) is 0 Å². The van der Waals surface area contributed by atoms with E-state index in [2.05, 4.69) is 25.2 Å². The van der Waals surface area contributed by atoms with Crippen LogP contribution in [0.3, 0.4) is 0 Å². The average Bonchev–Trinajstić information content (AvgIpc) is 2.38. The largest absolute Gasteiger partial charge is 0.397 e. The Morgan fingerprint density at radius 1 is 1.05 bits per heavy atom. The zero-order chi connectivity index (χ0) is 14.7. The van der Waals surface area contributed by atoms with Gasteiger partial charge >= 0.3 is 0 Å². The average molecular weight is 268 g/mol. The Kier molecular flexibility index (Phi) is 4.08. The Morgan fingerprint density at radius 2 is 1.80 bits per heavy atom. The van der Waals surface area contributed by atoms with Crippen molar-refractivity contribution in [2.24, 2.45) is 0 Å². The van der Waals surface area contributed by atoms with Crippen molar-refractivity contribution in [3.8, 4) is 0 Å². The molecule has 0 aliphatic heterocycles. The lowest BCUT2D eigenvalue weighted by atomic mass is 10.0. The number of carbonyl (C=O) groups excluding carboxylic acids is 1. The van der Waals surface area contributed by atoms with Crippen molar-refractivity contribution >= 4 is 17.3 Å². The van der Waals surface area contributed by atoms with Crippen LogP contribution in [0.25, 0.3) is 0 Å². The third kappa shape index (κ3) is 3.18. The smallest absolute Gasteiger partial charge is 0.228 e. The first-order chi connectivity index (χ1) is 9.47. The second-order valence-electron chi connectivity index (χ2n) is 5.18. The summed E-state index contributed by atoms with van der Waals surface area (Å²) in [6.45, 7) is 6.05. The van der Waals surface area contributed by atoms with Gasteiger partial charge in [-0.3, -0.25) is 4.79 Å². The second kappa shape index (κ2) is 5.78. The summed E-state index contributed by atoms with van der Waals surface area (Å²) in [4.78, 5) is 12.1. The van der Waals surface area contributed by atoms with Crippen LogP contribution in [0.4, 0.5) is 11.4 Å². The van der Waals surface area contributed by atoms with E-state index in [1.807, 2.05) is 31.2 Å². The first-order valence-corrected chi connectivity index (χ1v) is 6.68. The minimum Gasteiger partial charge on any atom is -0.397 e. The summed E-state index contributed by atoms with van der Waals surface area (Å²) in [6.07, 6.45) is 0.356. The molecule has 2 aromatic rings. The summed E-state index contributed by atoms with van der Waals surface area (Å²) in [6, 6.07) is 11.7. The first kappa shape index (κ1) is 14.1. The van der Waals surface area contributed by atoms with Gasteiger partial charge in [-0.05, 0) is 49.1 Å². The van der Waals surface area contributed by atoms with Gasteiger partial charge in [-0.2, -0.15) is 0 Å². The Morgan fingerprint density at radius 3 is 2.45 bits per heavy atom. The lowest BCUT2D eigenvalue weighted by molar-refractivity contribution is -0.115. The van der Waals surface area contributed by atoms with Crippen molar-refractivity contribution in [3.05, 3.63) is 58.7 Å². The molecule has 0 aliphatic rings. The van der Waals surface area contributed by atoms with Crippen molar-refractivity contribution in [1.82, 2.24) is 0 Å². The fraction of sp³-hybridized carbons (Fsp3) is 0.235. The van der Waals surface area contributed by atoms with Gasteiger partial charge in [0.1, 0.15) is 0 Å². The van der Waals surface area contributed by atoms with Crippen LogP contribution in [0, 0.1) is 20.8 Å². The van der Waals surface area contributed by atoms with Crippen LogP contribution in [0.15, 0.2) is 36.4 Å². The van der Waals surface area contributed by atoms with Gasteiger partial charge in [0.15, 0.2) is 0 Å². The van der Waals surface area contributed by atoms with Crippen LogP contribution in [-0.2, 0) is 11.2 Å². The van der Waals surface area contributed by atoms with Gasteiger partial charge in [-0.1, -0.05) is 30.3 Å². The Labute approximate surface area is 119 Å². The van der Waals surface area contributed by atoms with Gasteiger partial charge < -0.3 is 11.1 Å². The van der Waals surface area contributed by atoms with E-state index in [0.29, 0.717) is 17.8 Å². The SMILES string of the molecule is Cc1ccc(CC(=O)Nc2c(C)cccc2N)cc1C. The third-order valence-corrected chi connectivity index (χ3v) is 3.51. The van der Waals surface area contributed by atoms with E-state index in [1.165, 1.54) is 11.1 Å². The number of carbonyl (C=O) groups is 1. The number of benzene rings is 2. The van der Waals surface area contributed by atoms with Crippen LogP contribution in [0.2, 0.25) is 0 Å². The number of nitrogen functional groups attached to an aromatic ring is 1. The molecule has 0 spiro atoms. The number of hydrogen-bond acceptors (Lipinski definition) is 2. The molecule has 0 saturated carbocycles. The van der Waals surface area contributed by atoms with Crippen molar-refractivity contribution in [2.45, 2.75) is 27.2 Å². The molecule has 2 aromatic carbocycles. The standard InChI is InChI=1S/C17H20N2O/c1-11-7-8-14(9-13(11)3)10-16(20)19-17-12(2)5-4-6-15(17)18/h4-9H,10,18H2,1-3H3,(H,19,20). The lowest BCUT2D eigenvalue weighted by Crippen LogP contribution is -2.16. The van der Waals surface area contributed by atoms with Crippen LogP contribution in [0.1, 0.15) is 22.3 Å². The van der Waals surface area contributed by atoms with Gasteiger partial charge in [0.2, 0.25) is 5.91 Å². The lowest BCUT2D eigenvalue weighted by Gasteiger charge is -2.11. The molecule has 0 heterocycles. The van der Waals surface area contributed by atoms with E-state index < -0.39 is 0 Å². The quantitative estimate of drug-likeness (QED) is 0.838. The predicted molar refractivity (Wildman–Crippen MR) is 83.8 cm³/mol. The molecule has 3 heteroatoms. The van der Waals surface area contributed by atoms with Crippen molar-refractivity contribution in [3.63, 3.8) is 0 Å². The number of aryl methyl sites for hydroxylation is 3. The van der Waals surface area contributed by atoms with Crippen molar-refractivity contribution in [1.29, 1.82) is 0 Å². The normalized spacial score (nSPS) is 10.3. The number of para-hydroxylation sites is 1. The van der Waals surface area contributed by atoms with Crippen LogP contribution in [-0.4, -0.2) is 5.91 Å². The van der Waals surface area contributed by atoms with Gasteiger partial charge in [0, 0.05) is 0 Å². The molecule has 0 atom stereocenters. The molecular weight excluding hydrogens is 248 g/mol. The highest BCUT2D eigenvalue weighted by atomic mass is 16.1. The second-order valence-corrected chi connectivity index (χ2v) is 5.18. The van der Waals surface area contributed by atoms with Crippen molar-refractivity contribution in [2.75, 3.05) is 11.1 Å². The highest BCUT2D eigenvalue weighted by Crippen LogP contribution is 2.22. The number of anilines is 2. The van der Waals surface area contributed by atoms with Crippen LogP contribution < -0.4 is 11.1 Å². The Balaban J connectivity index is 2.11. The zero-order valence-corrected chi connectivity index (χ0v) is 12.2. The summed E-state index contributed by atoms with van der Waals surface area (Å²) in [5.74, 6) is -0.0470. The summed E-state index contributed by atoms with van der Waals surface area (Å²) < 4.78 is 0. The van der Waals surface area contributed by atoms with E-state index >= 15 is 0 Å². The fourth-order valence-corrected chi connectivity index (χ4v) is 2.14. The highest BCUT2D eigenvalue weighted by Gasteiger charge is 2.09. The minimum absolute atomic E-state index is 0.0470. The molecule has 0 radical (unpaired) electrons. The van der Waals surface area contributed by atoms with E-state index in [4.69, 9.17) is 5.73 Å². The number of nitrogens with two attached hydrogens (primary N) is 1. The molecule has 2 rings (SSSR count). The molecule has 0 fully saturated rings. The number of amides is 1. The minimum atomic E-state index is -0.0470. The van der Waals surface area contributed by atoms with E-state index in [9.17, 15) is 4.79 Å². The number of hydrogen-bond donors (Lipinski definition) is 2. The predicted octanol–water partition coefficient (Wildman–Crippen LogP) is 3.38. The molecule has 3 nitrogen and oxygen atoms in total. The topological polar surface area (TPSA) is 55.1 Å². The molecule has 104 valence electrons. The van der Waals surface area contributed by atoms with Crippen molar-refractivity contribution < 1.29 is 4.79 Å². The molecule has 0 aromatic heterocycles. The molecule has 0 unspecified atom stereocenters. The molecule has 0 saturated heterocycles. The van der Waals surface area contributed by atoms with E-state index in [-0.39, 0.29) is 5.91 Å². The van der Waals surface area contributed by atoms with Gasteiger partial charge in [-0.15, -0.1) is 0 Å². The monoisotopic (exact) mass is 268 g/mol. The van der Waals surface area contributed by atoms with E-state index in [1.54, 1.807) is 6.07 Å². The highest BCUT2D eigenvalue weighted by molar-refractivity contribution is 5.96. The molecule has 0 aliphatic carbocycles. The molecule has 20 heavy (non-hydrogen) atoms. The van der Waals surface area contributed by atoms with Gasteiger partial charge in [0.25, 0.3) is 0 Å². The summed E-state index contributed by atoms with van der Waals surface area (Å²) in [7, 11) is 0. The van der Waals surface area contributed by atoms with Crippen LogP contribution in [0.5, 0.6) is 0 Å². The maximum absolute atomic E-state index is 12.1. The summed E-state index contributed by atoms with van der Waals surface area (Å²) >= 11 is 0. The Bertz CT molecular complexity index is 627. The maximum atomic E-state index is 12.1. The Hall–Kier alpha value is -2.29. The molecule has 0 bridgehead atoms. The summed E-state index contributed by atoms with van der Waals surface area (Å²) in [5.41, 5.74) is 11.6. The molecule has 3 N–H and O–H groups in total. The maximum Gasteiger partial charge on any atom is 0.228 e. The summed E-state index contributed by atoms with van der Waals surface area (Å²) in [5, 5.41) is 2.90.